The monoisotopic (exact) mass is 476 g/mol. The number of hydrogen-bond donors (Lipinski definition) is 3. The van der Waals surface area contributed by atoms with Crippen LogP contribution in [0.4, 0.5) is 4.79 Å². The number of nitrogens with one attached hydrogen (secondary N) is 2. The molecule has 0 saturated heterocycles. The van der Waals surface area contributed by atoms with E-state index in [4.69, 9.17) is 4.74 Å². The van der Waals surface area contributed by atoms with Crippen LogP contribution in [-0.4, -0.2) is 41.8 Å². The lowest BCUT2D eigenvalue weighted by Gasteiger charge is -2.26. The molecule has 2 fully saturated rings. The second-order valence-electron chi connectivity index (χ2n) is 10.3. The lowest BCUT2D eigenvalue weighted by Crippen LogP contribution is -2.52. The molecule has 0 aliphatic heterocycles. The first-order chi connectivity index (χ1) is 16.8. The predicted molar refractivity (Wildman–Crippen MR) is 131 cm³/mol. The number of carbonyl (C=O) groups is 3. The van der Waals surface area contributed by atoms with E-state index in [1.54, 1.807) is 0 Å². The molecule has 3 unspecified atom stereocenters. The van der Waals surface area contributed by atoms with Gasteiger partial charge in [-0.3, -0.25) is 9.59 Å². The molecule has 7 heteroatoms. The van der Waals surface area contributed by atoms with Gasteiger partial charge in [0.1, 0.15) is 12.6 Å². The molecule has 2 aromatic rings. The number of benzene rings is 2. The summed E-state index contributed by atoms with van der Waals surface area (Å²) in [5, 5.41) is 15.3. The van der Waals surface area contributed by atoms with E-state index in [9.17, 15) is 19.5 Å². The van der Waals surface area contributed by atoms with Crippen molar-refractivity contribution in [3.8, 4) is 11.1 Å². The van der Waals surface area contributed by atoms with Crippen LogP contribution >= 0.6 is 0 Å². The van der Waals surface area contributed by atoms with Crippen LogP contribution in [0.25, 0.3) is 11.1 Å². The van der Waals surface area contributed by atoms with E-state index in [0.29, 0.717) is 25.7 Å². The first kappa shape index (κ1) is 23.4. The summed E-state index contributed by atoms with van der Waals surface area (Å²) in [7, 11) is 0. The van der Waals surface area contributed by atoms with Gasteiger partial charge in [0.05, 0.1) is 5.41 Å². The number of alkyl carbamates (subject to hydrolysis) is 1. The number of aliphatic carboxylic acids is 1. The highest BCUT2D eigenvalue weighted by molar-refractivity contribution is 5.87. The molecule has 35 heavy (non-hydrogen) atoms. The first-order valence-corrected chi connectivity index (χ1v) is 12.5. The minimum atomic E-state index is -0.769. The fourth-order valence-electron chi connectivity index (χ4n) is 6.03. The number of hydrogen-bond acceptors (Lipinski definition) is 4. The molecule has 0 bridgehead atoms. The van der Waals surface area contributed by atoms with E-state index in [2.05, 4.69) is 34.9 Å². The van der Waals surface area contributed by atoms with Crippen molar-refractivity contribution in [1.82, 2.24) is 10.6 Å². The van der Waals surface area contributed by atoms with Crippen molar-refractivity contribution in [3.63, 3.8) is 0 Å². The van der Waals surface area contributed by atoms with Gasteiger partial charge < -0.3 is 20.5 Å². The summed E-state index contributed by atoms with van der Waals surface area (Å²) in [6.07, 6.45) is 1.91. The fraction of sp³-hybridized carbons (Fsp3) is 0.464. The predicted octanol–water partition coefficient (Wildman–Crippen LogP) is 4.31. The maximum Gasteiger partial charge on any atom is 0.407 e. The van der Waals surface area contributed by atoms with Crippen LogP contribution in [-0.2, 0) is 14.3 Å². The summed E-state index contributed by atoms with van der Waals surface area (Å²) in [5.74, 6) is -1.06. The van der Waals surface area contributed by atoms with Gasteiger partial charge in [-0.1, -0.05) is 68.8 Å². The maximum atomic E-state index is 13.1. The molecule has 0 spiro atoms. The third-order valence-corrected chi connectivity index (χ3v) is 8.30. The average Bonchev–Trinajstić information content (AvgIpc) is 3.29. The topological polar surface area (TPSA) is 105 Å². The van der Waals surface area contributed by atoms with Crippen molar-refractivity contribution < 1.29 is 24.2 Å². The Labute approximate surface area is 205 Å². The molecule has 2 aromatic carbocycles. The third-order valence-electron chi connectivity index (χ3n) is 8.30. The molecule has 0 radical (unpaired) electrons. The Morgan fingerprint density at radius 2 is 1.69 bits per heavy atom. The molecule has 2 saturated carbocycles. The lowest BCUT2D eigenvalue weighted by molar-refractivity contribution is -0.143. The van der Waals surface area contributed by atoms with E-state index in [1.165, 1.54) is 0 Å². The Morgan fingerprint density at radius 3 is 2.26 bits per heavy atom. The smallest absolute Gasteiger partial charge is 0.407 e. The zero-order valence-corrected chi connectivity index (χ0v) is 20.1. The van der Waals surface area contributed by atoms with E-state index in [0.717, 1.165) is 22.3 Å². The van der Waals surface area contributed by atoms with Crippen molar-refractivity contribution in [3.05, 3.63) is 59.7 Å². The van der Waals surface area contributed by atoms with E-state index < -0.39 is 23.5 Å². The van der Waals surface area contributed by atoms with Crippen LogP contribution in [0.1, 0.15) is 56.6 Å². The number of fused-ring (bicyclic) bond motifs is 4. The van der Waals surface area contributed by atoms with Crippen LogP contribution in [0.15, 0.2) is 48.5 Å². The highest BCUT2D eigenvalue weighted by Gasteiger charge is 2.65. The van der Waals surface area contributed by atoms with Gasteiger partial charge in [0, 0.05) is 12.0 Å². The number of carboxylic acids is 1. The van der Waals surface area contributed by atoms with Crippen LogP contribution in [0.2, 0.25) is 0 Å². The number of amides is 2. The Balaban J connectivity index is 1.21. The number of carbonyl (C=O) groups excluding carboxylic acids is 2. The number of rotatable bonds is 8. The lowest BCUT2D eigenvalue weighted by atomic mass is 9.97. The standard InChI is InChI=1S/C28H32N2O5/c1-3-16(2)24(25(31)29-18-12-17-13-28(17,14-18)26(32)33)30-27(34)35-15-23-21-10-6-4-8-19(21)20-9-5-7-11-22(20)23/h4-11,16-18,23-24H,3,12-15H2,1-2H3,(H,29,31)(H,30,34)(H,32,33)/t16-,17?,18?,24-,28?/m0/s1. The minimum Gasteiger partial charge on any atom is -0.481 e. The third kappa shape index (κ3) is 4.17. The fourth-order valence-corrected chi connectivity index (χ4v) is 6.03. The summed E-state index contributed by atoms with van der Waals surface area (Å²) in [6, 6.07) is 15.4. The molecule has 0 heterocycles. The highest BCUT2D eigenvalue weighted by atomic mass is 16.5. The quantitative estimate of drug-likeness (QED) is 0.527. The van der Waals surface area contributed by atoms with Crippen molar-refractivity contribution in [2.75, 3.05) is 6.61 Å². The van der Waals surface area contributed by atoms with Crippen LogP contribution < -0.4 is 10.6 Å². The van der Waals surface area contributed by atoms with E-state index in [-0.39, 0.29) is 36.3 Å². The average molecular weight is 477 g/mol. The Kier molecular flexibility index (Phi) is 6.03. The molecular formula is C28H32N2O5. The summed E-state index contributed by atoms with van der Waals surface area (Å²) in [6.45, 7) is 4.06. The van der Waals surface area contributed by atoms with Crippen LogP contribution in [0.5, 0.6) is 0 Å². The van der Waals surface area contributed by atoms with Gasteiger partial charge in [-0.15, -0.1) is 0 Å². The van der Waals surface area contributed by atoms with Gasteiger partial charge in [-0.2, -0.15) is 0 Å². The van der Waals surface area contributed by atoms with Crippen molar-refractivity contribution in [2.45, 2.75) is 57.5 Å². The van der Waals surface area contributed by atoms with Crippen molar-refractivity contribution >= 4 is 18.0 Å². The molecule has 5 rings (SSSR count). The SMILES string of the molecule is CC[C@H](C)[C@H](NC(=O)OCC1c2ccccc2-c2ccccc21)C(=O)NC1CC2CC2(C(=O)O)C1. The second kappa shape index (κ2) is 9.02. The summed E-state index contributed by atoms with van der Waals surface area (Å²) in [5.41, 5.74) is 3.91. The molecule has 7 nitrogen and oxygen atoms in total. The van der Waals surface area contributed by atoms with E-state index >= 15 is 0 Å². The van der Waals surface area contributed by atoms with Gasteiger partial charge in [-0.05, 0) is 53.4 Å². The van der Waals surface area contributed by atoms with Crippen molar-refractivity contribution in [2.24, 2.45) is 17.3 Å². The molecule has 2 amide bonds. The van der Waals surface area contributed by atoms with Gasteiger partial charge >= 0.3 is 12.1 Å². The molecule has 0 aromatic heterocycles. The molecule has 184 valence electrons. The van der Waals surface area contributed by atoms with E-state index in [1.807, 2.05) is 38.1 Å². The van der Waals surface area contributed by atoms with Crippen LogP contribution in [0, 0.1) is 17.3 Å². The highest BCUT2D eigenvalue weighted by Crippen LogP contribution is 2.63. The first-order valence-electron chi connectivity index (χ1n) is 12.5. The van der Waals surface area contributed by atoms with Crippen LogP contribution in [0.3, 0.4) is 0 Å². The Morgan fingerprint density at radius 1 is 1.06 bits per heavy atom. The maximum absolute atomic E-state index is 13.1. The molecule has 3 N–H and O–H groups in total. The molecular weight excluding hydrogens is 444 g/mol. The molecule has 3 aliphatic carbocycles. The summed E-state index contributed by atoms with van der Waals surface area (Å²) < 4.78 is 5.65. The summed E-state index contributed by atoms with van der Waals surface area (Å²) >= 11 is 0. The van der Waals surface area contributed by atoms with Gasteiger partial charge in [-0.25, -0.2) is 4.79 Å². The summed E-state index contributed by atoms with van der Waals surface area (Å²) in [4.78, 5) is 37.5. The minimum absolute atomic E-state index is 0.0542. The second-order valence-corrected chi connectivity index (χ2v) is 10.3. The zero-order valence-electron chi connectivity index (χ0n) is 20.1. The van der Waals surface area contributed by atoms with Crippen molar-refractivity contribution in [1.29, 1.82) is 0 Å². The van der Waals surface area contributed by atoms with Gasteiger partial charge in [0.2, 0.25) is 5.91 Å². The molecule has 5 atom stereocenters. The Bertz CT molecular complexity index is 1120. The van der Waals surface area contributed by atoms with Gasteiger partial charge in [0.15, 0.2) is 0 Å². The largest absolute Gasteiger partial charge is 0.481 e. The van der Waals surface area contributed by atoms with Gasteiger partial charge in [0.25, 0.3) is 0 Å². The Hall–Kier alpha value is -3.35. The molecule has 3 aliphatic rings. The normalized spacial score (nSPS) is 25.5. The zero-order chi connectivity index (χ0) is 24.7. The number of carboxylic acid groups (broad SMARTS) is 1. The number of ether oxygens (including phenoxy) is 1.